The number of hydrogen-bond donors (Lipinski definition) is 2. The van der Waals surface area contributed by atoms with Crippen LogP contribution in [0, 0.1) is 11.2 Å². The molecule has 0 bridgehead atoms. The molecule has 6 nitrogen and oxygen atoms in total. The number of amides is 1. The summed E-state index contributed by atoms with van der Waals surface area (Å²) in [6, 6.07) is 8.01. The number of carbonyl (C=O) groups excluding carboxylic acids is 1. The molecule has 3 N–H and O–H groups in total. The lowest BCUT2D eigenvalue weighted by Gasteiger charge is -2.34. The van der Waals surface area contributed by atoms with Crippen molar-refractivity contribution < 1.29 is 18.7 Å². The molecule has 1 aromatic carbocycles. The summed E-state index contributed by atoms with van der Waals surface area (Å²) < 4.78 is 25.0. The van der Waals surface area contributed by atoms with Crippen molar-refractivity contribution in [3.63, 3.8) is 0 Å². The standard InChI is InChI=1S/C19H22FN3O3.2ClH/c20-16-10-14(3-4-17(16)26-15-2-1-7-22-12-15)11-23-18(24)19(13-21)5-8-25-9-6-19;;/h1-4,7,10,12H,5-6,8-9,11,13,21H2,(H,23,24);2*1H. The maximum absolute atomic E-state index is 14.3. The van der Waals surface area contributed by atoms with E-state index in [0.29, 0.717) is 37.4 Å². The number of ether oxygens (including phenoxy) is 2. The van der Waals surface area contributed by atoms with Crippen LogP contribution in [0.25, 0.3) is 0 Å². The first-order valence-electron chi connectivity index (χ1n) is 8.55. The van der Waals surface area contributed by atoms with Crippen molar-refractivity contribution in [3.8, 4) is 11.5 Å². The smallest absolute Gasteiger partial charge is 0.227 e. The first-order valence-corrected chi connectivity index (χ1v) is 8.55. The topological polar surface area (TPSA) is 86.5 Å². The summed E-state index contributed by atoms with van der Waals surface area (Å²) in [7, 11) is 0. The lowest BCUT2D eigenvalue weighted by atomic mass is 9.79. The van der Waals surface area contributed by atoms with Crippen molar-refractivity contribution in [2.45, 2.75) is 19.4 Å². The molecule has 0 radical (unpaired) electrons. The molecule has 1 aliphatic heterocycles. The van der Waals surface area contributed by atoms with E-state index in [-0.39, 0.29) is 49.6 Å². The number of aromatic nitrogens is 1. The van der Waals surface area contributed by atoms with Crippen molar-refractivity contribution in [3.05, 3.63) is 54.1 Å². The van der Waals surface area contributed by atoms with Crippen LogP contribution >= 0.6 is 24.8 Å². The minimum Gasteiger partial charge on any atom is -0.453 e. The minimum atomic E-state index is -0.597. The molecular weight excluding hydrogens is 408 g/mol. The van der Waals surface area contributed by atoms with E-state index >= 15 is 0 Å². The van der Waals surface area contributed by atoms with Gasteiger partial charge in [0.05, 0.1) is 11.6 Å². The summed E-state index contributed by atoms with van der Waals surface area (Å²) in [5.74, 6) is -0.0487. The average Bonchev–Trinajstić information content (AvgIpc) is 2.69. The fraction of sp³-hybridized carbons (Fsp3) is 0.368. The fourth-order valence-electron chi connectivity index (χ4n) is 2.93. The van der Waals surface area contributed by atoms with Gasteiger partial charge in [-0.15, -0.1) is 24.8 Å². The zero-order valence-electron chi connectivity index (χ0n) is 15.2. The van der Waals surface area contributed by atoms with E-state index in [1.807, 2.05) is 0 Å². The van der Waals surface area contributed by atoms with Crippen molar-refractivity contribution in [1.82, 2.24) is 10.3 Å². The zero-order valence-corrected chi connectivity index (χ0v) is 16.9. The Kier molecular flexibility index (Phi) is 9.61. The van der Waals surface area contributed by atoms with Gasteiger partial charge in [0.2, 0.25) is 5.91 Å². The molecule has 154 valence electrons. The number of halogens is 3. The van der Waals surface area contributed by atoms with Crippen LogP contribution in [0.5, 0.6) is 11.5 Å². The Balaban J connectivity index is 0.00000196. The van der Waals surface area contributed by atoms with Gasteiger partial charge in [-0.1, -0.05) is 6.07 Å². The number of benzene rings is 1. The number of nitrogens with two attached hydrogens (primary N) is 1. The number of carbonyl (C=O) groups is 1. The predicted octanol–water partition coefficient (Wildman–Crippen LogP) is 3.23. The van der Waals surface area contributed by atoms with E-state index in [2.05, 4.69) is 10.3 Å². The molecule has 1 amide bonds. The van der Waals surface area contributed by atoms with Gasteiger partial charge >= 0.3 is 0 Å². The van der Waals surface area contributed by atoms with Gasteiger partial charge in [-0.3, -0.25) is 9.78 Å². The molecule has 0 saturated carbocycles. The van der Waals surface area contributed by atoms with Gasteiger partial charge in [-0.2, -0.15) is 0 Å². The molecule has 0 atom stereocenters. The molecular formula is C19H24Cl2FN3O3. The quantitative estimate of drug-likeness (QED) is 0.732. The number of nitrogens with one attached hydrogen (secondary N) is 1. The third-order valence-corrected chi connectivity index (χ3v) is 4.63. The number of hydrogen-bond acceptors (Lipinski definition) is 5. The third-order valence-electron chi connectivity index (χ3n) is 4.63. The Morgan fingerprint density at radius 1 is 1.29 bits per heavy atom. The monoisotopic (exact) mass is 431 g/mol. The van der Waals surface area contributed by atoms with Crippen molar-refractivity contribution in [1.29, 1.82) is 0 Å². The first kappa shape index (κ1) is 24.1. The lowest BCUT2D eigenvalue weighted by molar-refractivity contribution is -0.136. The summed E-state index contributed by atoms with van der Waals surface area (Å²) in [6.07, 6.45) is 4.32. The van der Waals surface area contributed by atoms with Crippen LogP contribution in [0.1, 0.15) is 18.4 Å². The van der Waals surface area contributed by atoms with Gasteiger partial charge < -0.3 is 20.5 Å². The molecule has 2 aromatic rings. The van der Waals surface area contributed by atoms with Crippen LogP contribution in [-0.4, -0.2) is 30.6 Å². The maximum atomic E-state index is 14.3. The first-order chi connectivity index (χ1) is 12.6. The molecule has 3 rings (SSSR count). The van der Waals surface area contributed by atoms with Crippen LogP contribution in [0.2, 0.25) is 0 Å². The van der Waals surface area contributed by atoms with Gasteiger partial charge in [0.25, 0.3) is 0 Å². The van der Waals surface area contributed by atoms with Crippen molar-refractivity contribution in [2.75, 3.05) is 19.8 Å². The van der Waals surface area contributed by atoms with E-state index in [1.54, 1.807) is 24.4 Å². The second-order valence-corrected chi connectivity index (χ2v) is 6.34. The molecule has 1 saturated heterocycles. The molecule has 0 aliphatic carbocycles. The lowest BCUT2D eigenvalue weighted by Crippen LogP contribution is -2.48. The molecule has 0 spiro atoms. The number of nitrogens with zero attached hydrogens (tertiary/aromatic N) is 1. The van der Waals surface area contributed by atoms with E-state index in [1.165, 1.54) is 18.3 Å². The molecule has 1 fully saturated rings. The van der Waals surface area contributed by atoms with Gasteiger partial charge in [-0.05, 0) is 42.7 Å². The molecule has 1 aliphatic rings. The minimum absolute atomic E-state index is 0. The van der Waals surface area contributed by atoms with Gasteiger partial charge in [-0.25, -0.2) is 4.39 Å². The third kappa shape index (κ3) is 5.78. The van der Waals surface area contributed by atoms with E-state index in [0.717, 1.165) is 0 Å². The predicted molar refractivity (Wildman–Crippen MR) is 109 cm³/mol. The Hall–Kier alpha value is -1.93. The summed E-state index contributed by atoms with van der Waals surface area (Å²) in [5.41, 5.74) is 5.88. The van der Waals surface area contributed by atoms with Crippen LogP contribution < -0.4 is 15.8 Å². The summed E-state index contributed by atoms with van der Waals surface area (Å²) in [6.45, 7) is 1.55. The Morgan fingerprint density at radius 3 is 2.64 bits per heavy atom. The van der Waals surface area contributed by atoms with Crippen molar-refractivity contribution >= 4 is 30.7 Å². The SMILES string of the molecule is Cl.Cl.NCC1(C(=O)NCc2ccc(Oc3cccnc3)c(F)c2)CCOCC1. The Morgan fingerprint density at radius 2 is 2.04 bits per heavy atom. The van der Waals surface area contributed by atoms with Crippen LogP contribution in [0.3, 0.4) is 0 Å². The molecule has 2 heterocycles. The second kappa shape index (κ2) is 11.2. The molecule has 28 heavy (non-hydrogen) atoms. The largest absolute Gasteiger partial charge is 0.453 e. The van der Waals surface area contributed by atoms with Crippen LogP contribution in [-0.2, 0) is 16.1 Å². The average molecular weight is 432 g/mol. The Labute approximate surface area is 175 Å². The summed E-state index contributed by atoms with van der Waals surface area (Å²) >= 11 is 0. The molecule has 1 aromatic heterocycles. The highest BCUT2D eigenvalue weighted by Crippen LogP contribution is 2.30. The number of rotatable bonds is 6. The fourth-order valence-corrected chi connectivity index (χ4v) is 2.93. The summed E-state index contributed by atoms with van der Waals surface area (Å²) in [5, 5.41) is 2.86. The van der Waals surface area contributed by atoms with Crippen LogP contribution in [0.15, 0.2) is 42.7 Å². The zero-order chi connectivity index (χ0) is 18.4. The van der Waals surface area contributed by atoms with Gasteiger partial charge in [0, 0.05) is 32.5 Å². The highest BCUT2D eigenvalue weighted by atomic mass is 35.5. The van der Waals surface area contributed by atoms with E-state index in [4.69, 9.17) is 15.2 Å². The molecule has 0 unspecified atom stereocenters. The second-order valence-electron chi connectivity index (χ2n) is 6.34. The van der Waals surface area contributed by atoms with Gasteiger partial charge in [0.15, 0.2) is 11.6 Å². The highest BCUT2D eigenvalue weighted by Gasteiger charge is 2.38. The van der Waals surface area contributed by atoms with Gasteiger partial charge in [0.1, 0.15) is 5.75 Å². The van der Waals surface area contributed by atoms with E-state index < -0.39 is 11.2 Å². The Bertz CT molecular complexity index is 759. The normalized spacial score (nSPS) is 14.9. The van der Waals surface area contributed by atoms with Crippen LogP contribution in [0.4, 0.5) is 4.39 Å². The van der Waals surface area contributed by atoms with E-state index in [9.17, 15) is 9.18 Å². The summed E-state index contributed by atoms with van der Waals surface area (Å²) in [4.78, 5) is 16.5. The molecule has 9 heteroatoms. The van der Waals surface area contributed by atoms with Crippen molar-refractivity contribution in [2.24, 2.45) is 11.1 Å². The number of pyridine rings is 1. The maximum Gasteiger partial charge on any atom is 0.227 e. The highest BCUT2D eigenvalue weighted by molar-refractivity contribution is 5.85.